The largest absolute Gasteiger partial charge is 0.490 e. The Hall–Kier alpha value is -3.37. The van der Waals surface area contributed by atoms with E-state index in [2.05, 4.69) is 5.43 Å². The molecule has 10 heteroatoms. The number of likely N-dealkylation sites (N-methyl/N-ethyl adjacent to an activating group) is 1. The van der Waals surface area contributed by atoms with E-state index in [1.807, 2.05) is 39.8 Å². The highest BCUT2D eigenvalue weighted by molar-refractivity contribution is 8.26. The zero-order chi connectivity index (χ0) is 26.2. The molecule has 1 heterocycles. The molecule has 1 N–H and O–H groups in total. The Balaban J connectivity index is 1.75. The number of benzene rings is 2. The topological polar surface area (TPSA) is 88.2 Å². The molecule has 0 radical (unpaired) electrons. The number of nitrogens with zero attached hydrogens (tertiary/aromatic N) is 2. The molecule has 3 amide bonds. The van der Waals surface area contributed by atoms with Gasteiger partial charge in [-0.2, -0.15) is 5.01 Å². The number of hydrogen-bond donors (Lipinski definition) is 1. The smallest absolute Gasteiger partial charge is 0.285 e. The van der Waals surface area contributed by atoms with Crippen molar-refractivity contribution in [3.63, 3.8) is 0 Å². The summed E-state index contributed by atoms with van der Waals surface area (Å²) in [7, 11) is 0. The van der Waals surface area contributed by atoms with Gasteiger partial charge in [-0.25, -0.2) is 0 Å². The third kappa shape index (κ3) is 6.44. The van der Waals surface area contributed by atoms with Gasteiger partial charge >= 0.3 is 0 Å². The van der Waals surface area contributed by atoms with Crippen molar-refractivity contribution in [2.75, 3.05) is 26.3 Å². The van der Waals surface area contributed by atoms with Gasteiger partial charge in [0.05, 0.1) is 11.5 Å². The summed E-state index contributed by atoms with van der Waals surface area (Å²) in [6.07, 6.45) is 1.67. The average molecular weight is 528 g/mol. The Labute approximate surface area is 220 Å². The Kier molecular flexibility index (Phi) is 9.49. The quantitative estimate of drug-likeness (QED) is 0.366. The minimum atomic E-state index is -0.421. The van der Waals surface area contributed by atoms with Crippen molar-refractivity contribution in [1.82, 2.24) is 15.3 Å². The predicted octanol–water partition coefficient (Wildman–Crippen LogP) is 4.19. The maximum absolute atomic E-state index is 13.0. The molecule has 0 atom stereocenters. The predicted molar refractivity (Wildman–Crippen MR) is 145 cm³/mol. The number of thiocarbonyl (C=S) groups is 1. The van der Waals surface area contributed by atoms with E-state index in [0.29, 0.717) is 47.2 Å². The van der Waals surface area contributed by atoms with Crippen molar-refractivity contribution in [3.05, 3.63) is 64.1 Å². The summed E-state index contributed by atoms with van der Waals surface area (Å²) >= 11 is 6.43. The van der Waals surface area contributed by atoms with Crippen molar-refractivity contribution >= 4 is 52.1 Å². The van der Waals surface area contributed by atoms with Gasteiger partial charge in [-0.05, 0) is 75.3 Å². The van der Waals surface area contributed by atoms with Gasteiger partial charge in [0.2, 0.25) is 0 Å². The normalized spacial score (nSPS) is 14.2. The number of carbonyl (C=O) groups excluding carboxylic acids is 3. The van der Waals surface area contributed by atoms with Crippen molar-refractivity contribution in [2.45, 2.75) is 27.7 Å². The third-order valence-electron chi connectivity index (χ3n) is 5.43. The van der Waals surface area contributed by atoms with Crippen LogP contribution in [0, 0.1) is 6.92 Å². The van der Waals surface area contributed by atoms with E-state index in [1.54, 1.807) is 41.3 Å². The first-order chi connectivity index (χ1) is 17.3. The summed E-state index contributed by atoms with van der Waals surface area (Å²) in [6.45, 7) is 9.02. The molecule has 8 nitrogen and oxygen atoms in total. The number of hydrogen-bond acceptors (Lipinski definition) is 7. The summed E-state index contributed by atoms with van der Waals surface area (Å²) in [4.78, 5) is 40.0. The Morgan fingerprint density at radius 3 is 2.47 bits per heavy atom. The maximum atomic E-state index is 13.0. The fourth-order valence-corrected chi connectivity index (χ4v) is 4.69. The molecule has 1 fully saturated rings. The number of ether oxygens (including phenoxy) is 2. The fourth-order valence-electron chi connectivity index (χ4n) is 3.51. The maximum Gasteiger partial charge on any atom is 0.285 e. The number of carbonyl (C=O) groups is 3. The van der Waals surface area contributed by atoms with Crippen LogP contribution in [-0.4, -0.2) is 58.3 Å². The van der Waals surface area contributed by atoms with Crippen LogP contribution in [-0.2, 0) is 9.59 Å². The molecular weight excluding hydrogens is 498 g/mol. The van der Waals surface area contributed by atoms with E-state index in [9.17, 15) is 14.4 Å². The highest BCUT2D eigenvalue weighted by Gasteiger charge is 2.34. The molecule has 36 heavy (non-hydrogen) atoms. The lowest BCUT2D eigenvalue weighted by Gasteiger charge is -2.19. The second kappa shape index (κ2) is 12.5. The van der Waals surface area contributed by atoms with Crippen LogP contribution in [0.15, 0.2) is 47.4 Å². The molecule has 2 aromatic rings. The van der Waals surface area contributed by atoms with Crippen LogP contribution < -0.4 is 14.9 Å². The lowest BCUT2D eigenvalue weighted by Crippen LogP contribution is -2.45. The molecule has 0 spiro atoms. The third-order valence-corrected chi connectivity index (χ3v) is 6.73. The summed E-state index contributed by atoms with van der Waals surface area (Å²) in [6, 6.07) is 12.3. The lowest BCUT2D eigenvalue weighted by molar-refractivity contribution is -0.133. The lowest BCUT2D eigenvalue weighted by atomic mass is 10.1. The van der Waals surface area contributed by atoms with Gasteiger partial charge in [-0.1, -0.05) is 36.0 Å². The first kappa shape index (κ1) is 27.2. The van der Waals surface area contributed by atoms with E-state index in [-0.39, 0.29) is 16.8 Å². The molecular formula is C26H29N3O5S2. The van der Waals surface area contributed by atoms with Gasteiger partial charge in [0.15, 0.2) is 22.4 Å². The molecule has 0 aromatic heterocycles. The molecule has 2 aromatic carbocycles. The van der Waals surface area contributed by atoms with E-state index in [4.69, 9.17) is 21.7 Å². The minimum absolute atomic E-state index is 0.0969. The Morgan fingerprint density at radius 2 is 1.81 bits per heavy atom. The first-order valence-corrected chi connectivity index (χ1v) is 12.8. The van der Waals surface area contributed by atoms with Gasteiger partial charge in [0.1, 0.15) is 0 Å². The highest BCUT2D eigenvalue weighted by atomic mass is 32.2. The minimum Gasteiger partial charge on any atom is -0.490 e. The van der Waals surface area contributed by atoms with E-state index >= 15 is 0 Å². The molecule has 0 aliphatic carbocycles. The summed E-state index contributed by atoms with van der Waals surface area (Å²) in [5, 5.41) is 1.08. The van der Waals surface area contributed by atoms with Crippen molar-refractivity contribution in [3.8, 4) is 11.5 Å². The zero-order valence-electron chi connectivity index (χ0n) is 20.7. The van der Waals surface area contributed by atoms with Crippen LogP contribution in [0.1, 0.15) is 42.3 Å². The summed E-state index contributed by atoms with van der Waals surface area (Å²) < 4.78 is 11.7. The number of amides is 3. The van der Waals surface area contributed by atoms with Gasteiger partial charge < -0.3 is 14.4 Å². The molecule has 0 saturated carbocycles. The van der Waals surface area contributed by atoms with Gasteiger partial charge in [-0.3, -0.25) is 19.8 Å². The molecule has 1 aliphatic rings. The van der Waals surface area contributed by atoms with Crippen molar-refractivity contribution < 1.29 is 23.9 Å². The van der Waals surface area contributed by atoms with E-state index in [1.165, 1.54) is 0 Å². The number of rotatable bonds is 10. The molecule has 0 unspecified atom stereocenters. The van der Waals surface area contributed by atoms with Gasteiger partial charge in [0.25, 0.3) is 17.7 Å². The monoisotopic (exact) mass is 527 g/mol. The highest BCUT2D eigenvalue weighted by Crippen LogP contribution is 2.34. The SMILES string of the molecule is CCOc1cc(/C=C2/SC(=S)N(NC(=O)c3ccccc3C)C2=O)ccc1OCC(=O)N(CC)CC. The Morgan fingerprint density at radius 1 is 1.08 bits per heavy atom. The first-order valence-electron chi connectivity index (χ1n) is 11.6. The van der Waals surface area contributed by atoms with Gasteiger partial charge in [0, 0.05) is 18.7 Å². The molecule has 3 rings (SSSR count). The number of nitrogens with one attached hydrogen (secondary N) is 1. The van der Waals surface area contributed by atoms with Crippen LogP contribution in [0.2, 0.25) is 0 Å². The number of aryl methyl sites for hydroxylation is 1. The molecule has 0 bridgehead atoms. The van der Waals surface area contributed by atoms with Gasteiger partial charge in [-0.15, -0.1) is 0 Å². The fraction of sp³-hybridized carbons (Fsp3) is 0.308. The van der Waals surface area contributed by atoms with Crippen LogP contribution in [0.4, 0.5) is 0 Å². The summed E-state index contributed by atoms with van der Waals surface area (Å²) in [5.74, 6) is -0.0440. The van der Waals surface area contributed by atoms with Crippen LogP contribution >= 0.6 is 24.0 Å². The molecule has 1 saturated heterocycles. The number of hydrazine groups is 1. The summed E-state index contributed by atoms with van der Waals surface area (Å²) in [5.41, 5.74) is 4.54. The molecule has 1 aliphatic heterocycles. The van der Waals surface area contributed by atoms with Crippen molar-refractivity contribution in [1.29, 1.82) is 0 Å². The van der Waals surface area contributed by atoms with E-state index in [0.717, 1.165) is 22.3 Å². The second-order valence-electron chi connectivity index (χ2n) is 7.77. The van der Waals surface area contributed by atoms with Crippen molar-refractivity contribution in [2.24, 2.45) is 0 Å². The van der Waals surface area contributed by atoms with Crippen LogP contribution in [0.3, 0.4) is 0 Å². The second-order valence-corrected chi connectivity index (χ2v) is 9.44. The van der Waals surface area contributed by atoms with Crippen LogP contribution in [0.5, 0.6) is 11.5 Å². The van der Waals surface area contributed by atoms with E-state index < -0.39 is 11.8 Å². The zero-order valence-corrected chi connectivity index (χ0v) is 22.3. The number of thioether (sulfide) groups is 1. The molecule has 190 valence electrons. The van der Waals surface area contributed by atoms with Crippen LogP contribution in [0.25, 0.3) is 6.08 Å². The average Bonchev–Trinajstić information content (AvgIpc) is 3.12. The Bertz CT molecular complexity index is 1190. The standard InChI is InChI=1S/C26H29N3O5S2/c1-5-28(6-2)23(30)16-34-20-13-12-18(14-21(20)33-7-3)15-22-25(32)29(26(35)36-22)27-24(31)19-11-9-8-10-17(19)4/h8-15H,5-7,16H2,1-4H3,(H,27,31)/b22-15+.